The molecular formula is C28H26FN3O4S. The van der Waals surface area contributed by atoms with Crippen molar-refractivity contribution < 1.29 is 23.5 Å². The predicted octanol–water partition coefficient (Wildman–Crippen LogP) is 4.58. The van der Waals surface area contributed by atoms with Crippen molar-refractivity contribution in [2.45, 2.75) is 25.8 Å². The summed E-state index contributed by atoms with van der Waals surface area (Å²) >= 11 is 5.65. The Bertz CT molecular complexity index is 1280. The van der Waals surface area contributed by atoms with Crippen LogP contribution in [0.4, 0.5) is 15.8 Å². The third kappa shape index (κ3) is 6.18. The first-order valence-electron chi connectivity index (χ1n) is 11.9. The summed E-state index contributed by atoms with van der Waals surface area (Å²) in [5.74, 6) is -1.63. The minimum atomic E-state index is -0.818. The quantitative estimate of drug-likeness (QED) is 0.265. The van der Waals surface area contributed by atoms with Gasteiger partial charge < -0.3 is 15.0 Å². The molecular weight excluding hydrogens is 493 g/mol. The smallest absolute Gasteiger partial charge is 0.338 e. The number of hydrogen-bond donors (Lipinski definition) is 1. The van der Waals surface area contributed by atoms with Crippen molar-refractivity contribution in [1.29, 1.82) is 0 Å². The van der Waals surface area contributed by atoms with E-state index in [0.29, 0.717) is 29.9 Å². The van der Waals surface area contributed by atoms with E-state index in [4.69, 9.17) is 17.0 Å². The molecule has 0 bridgehead atoms. The molecule has 1 aliphatic rings. The number of benzene rings is 3. The first-order chi connectivity index (χ1) is 17.9. The minimum Gasteiger partial charge on any atom is -0.462 e. The molecule has 1 aliphatic heterocycles. The topological polar surface area (TPSA) is 79.0 Å². The fourth-order valence-corrected chi connectivity index (χ4v) is 4.45. The zero-order valence-corrected chi connectivity index (χ0v) is 21.0. The van der Waals surface area contributed by atoms with Crippen molar-refractivity contribution in [3.05, 3.63) is 95.8 Å². The number of nitrogens with one attached hydrogen (secondary N) is 1. The lowest BCUT2D eigenvalue weighted by Gasteiger charge is -2.30. The summed E-state index contributed by atoms with van der Waals surface area (Å²) in [5, 5.41) is 3.32. The minimum absolute atomic E-state index is 0.0571. The first kappa shape index (κ1) is 26.0. The highest BCUT2D eigenvalue weighted by molar-refractivity contribution is 7.80. The SMILES string of the molecule is CCOC(=O)c1ccc(N2C(=O)CC(N(CCc3ccccc3)C(=S)Nc3ccc(F)cc3)C2=O)cc1. The van der Waals surface area contributed by atoms with Gasteiger partial charge >= 0.3 is 5.97 Å². The van der Waals surface area contributed by atoms with E-state index in [1.54, 1.807) is 36.1 Å². The molecule has 190 valence electrons. The molecule has 1 unspecified atom stereocenters. The summed E-state index contributed by atoms with van der Waals surface area (Å²) in [5.41, 5.74) is 2.32. The largest absolute Gasteiger partial charge is 0.462 e. The lowest BCUT2D eigenvalue weighted by atomic mass is 10.1. The number of carbonyl (C=O) groups excluding carboxylic acids is 3. The van der Waals surface area contributed by atoms with Crippen LogP contribution >= 0.6 is 12.2 Å². The fourth-order valence-electron chi connectivity index (χ4n) is 4.11. The molecule has 1 heterocycles. The molecule has 4 rings (SSSR count). The van der Waals surface area contributed by atoms with Gasteiger partial charge in [0.15, 0.2) is 5.11 Å². The number of rotatable bonds is 8. The Morgan fingerprint density at radius 1 is 1.05 bits per heavy atom. The Balaban J connectivity index is 1.56. The summed E-state index contributed by atoms with van der Waals surface area (Å²) in [6, 6.07) is 20.8. The van der Waals surface area contributed by atoms with Crippen molar-refractivity contribution >= 4 is 46.5 Å². The number of hydrogen-bond acceptors (Lipinski definition) is 5. The summed E-state index contributed by atoms with van der Waals surface area (Å²) in [6.45, 7) is 2.35. The van der Waals surface area contributed by atoms with E-state index in [0.717, 1.165) is 10.5 Å². The maximum Gasteiger partial charge on any atom is 0.338 e. The number of amides is 2. The molecule has 3 aromatic carbocycles. The van der Waals surface area contributed by atoms with Gasteiger partial charge in [0.2, 0.25) is 5.91 Å². The molecule has 9 heteroatoms. The number of esters is 1. The third-order valence-electron chi connectivity index (χ3n) is 5.98. The molecule has 0 spiro atoms. The molecule has 3 aromatic rings. The maximum atomic E-state index is 13.5. The molecule has 0 aliphatic carbocycles. The van der Waals surface area contributed by atoms with Crippen molar-refractivity contribution in [3.63, 3.8) is 0 Å². The van der Waals surface area contributed by atoms with E-state index in [2.05, 4.69) is 5.32 Å². The van der Waals surface area contributed by atoms with E-state index >= 15 is 0 Å². The van der Waals surface area contributed by atoms with Crippen molar-refractivity contribution in [1.82, 2.24) is 4.90 Å². The first-order valence-corrected chi connectivity index (χ1v) is 12.3. The highest BCUT2D eigenvalue weighted by atomic mass is 32.1. The number of thiocarbonyl (C=S) groups is 1. The molecule has 1 fully saturated rings. The Hall–Kier alpha value is -4.11. The second-order valence-corrected chi connectivity index (χ2v) is 8.81. The van der Waals surface area contributed by atoms with Gasteiger partial charge in [0, 0.05) is 12.2 Å². The monoisotopic (exact) mass is 519 g/mol. The van der Waals surface area contributed by atoms with Crippen LogP contribution in [0.5, 0.6) is 0 Å². The van der Waals surface area contributed by atoms with Crippen LogP contribution in [0, 0.1) is 5.82 Å². The van der Waals surface area contributed by atoms with E-state index < -0.39 is 17.9 Å². The van der Waals surface area contributed by atoms with E-state index in [1.165, 1.54) is 24.3 Å². The highest BCUT2D eigenvalue weighted by Crippen LogP contribution is 2.27. The average molecular weight is 520 g/mol. The van der Waals surface area contributed by atoms with Gasteiger partial charge in [-0.25, -0.2) is 14.1 Å². The molecule has 1 N–H and O–H groups in total. The van der Waals surface area contributed by atoms with Crippen molar-refractivity contribution in [2.24, 2.45) is 0 Å². The van der Waals surface area contributed by atoms with Gasteiger partial charge in [0.25, 0.3) is 5.91 Å². The molecule has 1 saturated heterocycles. The number of nitrogens with zero attached hydrogens (tertiary/aromatic N) is 2. The van der Waals surface area contributed by atoms with Crippen molar-refractivity contribution in [2.75, 3.05) is 23.4 Å². The van der Waals surface area contributed by atoms with Gasteiger partial charge in [0.05, 0.1) is 24.3 Å². The van der Waals surface area contributed by atoms with Gasteiger partial charge in [0.1, 0.15) is 11.9 Å². The molecule has 1 atom stereocenters. The lowest BCUT2D eigenvalue weighted by Crippen LogP contribution is -2.48. The van der Waals surface area contributed by atoms with Crippen LogP contribution in [-0.2, 0) is 20.7 Å². The van der Waals surface area contributed by atoms with Crippen LogP contribution in [0.2, 0.25) is 0 Å². The number of carbonyl (C=O) groups is 3. The Morgan fingerprint density at radius 3 is 2.38 bits per heavy atom. The standard InChI is InChI=1S/C28H26FN3O4S/c1-2-36-27(35)20-8-14-23(15-9-20)32-25(33)18-24(26(32)34)31(17-16-19-6-4-3-5-7-19)28(37)30-22-12-10-21(29)11-13-22/h3-15,24H,2,16-18H2,1H3,(H,30,37). The summed E-state index contributed by atoms with van der Waals surface area (Å²) in [4.78, 5) is 41.3. The Labute approximate surface area is 219 Å². The van der Waals surface area contributed by atoms with Gasteiger partial charge in [-0.15, -0.1) is 0 Å². The average Bonchev–Trinajstić information content (AvgIpc) is 3.19. The maximum absolute atomic E-state index is 13.5. The van der Waals surface area contributed by atoms with Crippen LogP contribution < -0.4 is 10.2 Å². The summed E-state index contributed by atoms with van der Waals surface area (Å²) in [7, 11) is 0. The van der Waals surface area contributed by atoms with E-state index in [-0.39, 0.29) is 29.9 Å². The Kier molecular flexibility index (Phi) is 8.25. The normalized spacial score (nSPS) is 15.0. The third-order valence-corrected chi connectivity index (χ3v) is 6.31. The van der Waals surface area contributed by atoms with Gasteiger partial charge in [-0.3, -0.25) is 9.59 Å². The second-order valence-electron chi connectivity index (χ2n) is 8.42. The molecule has 7 nitrogen and oxygen atoms in total. The van der Waals surface area contributed by atoms with Crippen LogP contribution in [0.3, 0.4) is 0 Å². The molecule has 2 amide bonds. The van der Waals surface area contributed by atoms with Crippen LogP contribution in [-0.4, -0.2) is 47.0 Å². The van der Waals surface area contributed by atoms with Crippen LogP contribution in [0.15, 0.2) is 78.9 Å². The van der Waals surface area contributed by atoms with Gasteiger partial charge in [-0.2, -0.15) is 0 Å². The van der Waals surface area contributed by atoms with E-state index in [9.17, 15) is 18.8 Å². The zero-order valence-electron chi connectivity index (χ0n) is 20.2. The molecule has 37 heavy (non-hydrogen) atoms. The van der Waals surface area contributed by atoms with Crippen molar-refractivity contribution in [3.8, 4) is 0 Å². The van der Waals surface area contributed by atoms with Gasteiger partial charge in [-0.1, -0.05) is 30.3 Å². The lowest BCUT2D eigenvalue weighted by molar-refractivity contribution is -0.122. The summed E-state index contributed by atoms with van der Waals surface area (Å²) < 4.78 is 18.4. The second kappa shape index (κ2) is 11.7. The zero-order chi connectivity index (χ0) is 26.4. The fraction of sp³-hybridized carbons (Fsp3) is 0.214. The highest BCUT2D eigenvalue weighted by Gasteiger charge is 2.43. The van der Waals surface area contributed by atoms with Crippen LogP contribution in [0.25, 0.3) is 0 Å². The molecule has 0 aromatic heterocycles. The number of imide groups is 1. The predicted molar refractivity (Wildman–Crippen MR) is 143 cm³/mol. The van der Waals surface area contributed by atoms with E-state index in [1.807, 2.05) is 30.3 Å². The molecule has 0 radical (unpaired) electrons. The number of anilines is 2. The number of halogens is 1. The van der Waals surface area contributed by atoms with Crippen LogP contribution in [0.1, 0.15) is 29.3 Å². The number of ether oxygens (including phenoxy) is 1. The summed E-state index contributed by atoms with van der Waals surface area (Å²) in [6.07, 6.45) is 0.538. The van der Waals surface area contributed by atoms with Gasteiger partial charge in [-0.05, 0) is 79.7 Å². The Morgan fingerprint density at radius 2 is 1.73 bits per heavy atom. The molecule has 0 saturated carbocycles.